The maximum Gasteiger partial charge on any atom is 0.343 e. The molecule has 0 aliphatic heterocycles. The average Bonchev–Trinajstić information content (AvgIpc) is 2.66. The third-order valence-corrected chi connectivity index (χ3v) is 5.04. The van der Waals surface area contributed by atoms with Crippen LogP contribution in [0.1, 0.15) is 107 Å². The Kier molecular flexibility index (Phi) is 12.2. The quantitative estimate of drug-likeness (QED) is 0.222. The number of carboxylic acids is 1. The molecule has 3 N–H and O–H groups in total. The lowest BCUT2D eigenvalue weighted by molar-refractivity contribution is 0.0687. The first-order chi connectivity index (χ1) is 13.5. The van der Waals surface area contributed by atoms with Crippen LogP contribution in [0.25, 0.3) is 0 Å². The monoisotopic (exact) mass is 394 g/mol. The predicted octanol–water partition coefficient (Wildman–Crippen LogP) is 6.44. The van der Waals surface area contributed by atoms with Gasteiger partial charge in [0.25, 0.3) is 0 Å². The first-order valence-corrected chi connectivity index (χ1v) is 11.0. The lowest BCUT2D eigenvalue weighted by Gasteiger charge is -2.16. The number of hydrogen-bond donors (Lipinski definition) is 3. The van der Waals surface area contributed by atoms with E-state index in [4.69, 9.17) is 4.74 Å². The zero-order valence-electron chi connectivity index (χ0n) is 17.6. The summed E-state index contributed by atoms with van der Waals surface area (Å²) in [4.78, 5) is 11.5. The molecule has 0 bridgehead atoms. The van der Waals surface area contributed by atoms with Crippen LogP contribution in [0.4, 0.5) is 0 Å². The van der Waals surface area contributed by atoms with E-state index in [0.29, 0.717) is 18.6 Å². The first kappa shape index (κ1) is 24.1. The molecule has 0 saturated carbocycles. The van der Waals surface area contributed by atoms with Crippen LogP contribution in [0, 0.1) is 0 Å². The van der Waals surface area contributed by atoms with E-state index in [0.717, 1.165) is 25.7 Å². The summed E-state index contributed by atoms with van der Waals surface area (Å²) in [7, 11) is 0. The summed E-state index contributed by atoms with van der Waals surface area (Å²) in [5.74, 6) is -2.14. The second kappa shape index (κ2) is 14.1. The maximum absolute atomic E-state index is 11.5. The Labute approximate surface area is 169 Å². The normalized spacial score (nSPS) is 10.9. The minimum absolute atomic E-state index is 0.191. The molecule has 0 aromatic heterocycles. The number of carboxylic acid groups (broad SMARTS) is 1. The summed E-state index contributed by atoms with van der Waals surface area (Å²) in [6.07, 6.45) is 15.0. The van der Waals surface area contributed by atoms with Crippen molar-refractivity contribution in [3.8, 4) is 17.2 Å². The minimum Gasteiger partial charge on any atom is -0.504 e. The largest absolute Gasteiger partial charge is 0.504 e. The number of phenolic OH excluding ortho intramolecular Hbond substituents is 1. The molecule has 0 saturated heterocycles. The fourth-order valence-electron chi connectivity index (χ4n) is 3.45. The van der Waals surface area contributed by atoms with Gasteiger partial charge in [-0.1, -0.05) is 84.5 Å². The van der Waals surface area contributed by atoms with Crippen LogP contribution < -0.4 is 4.74 Å². The second-order valence-electron chi connectivity index (χ2n) is 7.55. The molecule has 0 unspecified atom stereocenters. The fourth-order valence-corrected chi connectivity index (χ4v) is 3.45. The zero-order chi connectivity index (χ0) is 20.8. The van der Waals surface area contributed by atoms with E-state index in [-0.39, 0.29) is 11.3 Å². The molecule has 1 aromatic carbocycles. The number of aromatic carboxylic acids is 1. The molecule has 28 heavy (non-hydrogen) atoms. The van der Waals surface area contributed by atoms with E-state index >= 15 is 0 Å². The van der Waals surface area contributed by atoms with Gasteiger partial charge in [0.2, 0.25) is 0 Å². The van der Waals surface area contributed by atoms with Gasteiger partial charge in [0.15, 0.2) is 11.5 Å². The zero-order valence-corrected chi connectivity index (χ0v) is 17.6. The molecule has 1 rings (SSSR count). The summed E-state index contributed by atoms with van der Waals surface area (Å²) >= 11 is 0. The number of benzene rings is 1. The van der Waals surface area contributed by atoms with Crippen molar-refractivity contribution >= 4 is 5.97 Å². The Morgan fingerprint density at radius 1 is 0.857 bits per heavy atom. The first-order valence-electron chi connectivity index (χ1n) is 11.0. The molecular formula is C23H38O5. The van der Waals surface area contributed by atoms with Crippen LogP contribution in [0.5, 0.6) is 17.2 Å². The highest BCUT2D eigenvalue weighted by Gasteiger charge is 2.23. The Bertz CT molecular complexity index is 583. The fraction of sp³-hybridized carbons (Fsp3) is 0.696. The average molecular weight is 395 g/mol. The van der Waals surface area contributed by atoms with Gasteiger partial charge in [-0.2, -0.15) is 0 Å². The molecule has 0 aliphatic carbocycles. The van der Waals surface area contributed by atoms with Gasteiger partial charge in [0.05, 0.1) is 6.61 Å². The molecule has 5 nitrogen and oxygen atoms in total. The van der Waals surface area contributed by atoms with Crippen molar-refractivity contribution in [2.24, 2.45) is 0 Å². The molecular weight excluding hydrogens is 356 g/mol. The van der Waals surface area contributed by atoms with Gasteiger partial charge in [-0.25, -0.2) is 4.79 Å². The summed E-state index contributed by atoms with van der Waals surface area (Å²) in [6, 6.07) is 1.40. The number of carbonyl (C=O) groups is 1. The molecule has 0 fully saturated rings. The number of aromatic hydroxyl groups is 2. The Morgan fingerprint density at radius 3 is 1.89 bits per heavy atom. The van der Waals surface area contributed by atoms with Gasteiger partial charge in [0.1, 0.15) is 11.3 Å². The Morgan fingerprint density at radius 2 is 1.39 bits per heavy atom. The molecule has 0 spiro atoms. The summed E-state index contributed by atoms with van der Waals surface area (Å²) < 4.78 is 5.75. The van der Waals surface area contributed by atoms with Crippen molar-refractivity contribution in [2.75, 3.05) is 6.61 Å². The van der Waals surface area contributed by atoms with Gasteiger partial charge in [-0.3, -0.25) is 0 Å². The molecule has 0 amide bonds. The van der Waals surface area contributed by atoms with Gasteiger partial charge < -0.3 is 20.1 Å². The summed E-state index contributed by atoms with van der Waals surface area (Å²) in [5.41, 5.74) is 0.282. The molecule has 0 aliphatic rings. The predicted molar refractivity (Wildman–Crippen MR) is 113 cm³/mol. The highest BCUT2D eigenvalue weighted by atomic mass is 16.5. The van der Waals surface area contributed by atoms with E-state index in [2.05, 4.69) is 6.92 Å². The topological polar surface area (TPSA) is 87.0 Å². The van der Waals surface area contributed by atoms with Crippen molar-refractivity contribution in [1.29, 1.82) is 0 Å². The smallest absolute Gasteiger partial charge is 0.343 e. The lowest BCUT2D eigenvalue weighted by Crippen LogP contribution is -2.08. The second-order valence-corrected chi connectivity index (χ2v) is 7.55. The summed E-state index contributed by atoms with van der Waals surface area (Å²) in [6.45, 7) is 4.62. The van der Waals surface area contributed by atoms with Crippen LogP contribution in [-0.2, 0) is 6.42 Å². The van der Waals surface area contributed by atoms with E-state index in [1.807, 2.05) is 6.92 Å². The minimum atomic E-state index is -1.29. The third-order valence-electron chi connectivity index (χ3n) is 5.04. The van der Waals surface area contributed by atoms with Gasteiger partial charge >= 0.3 is 5.97 Å². The van der Waals surface area contributed by atoms with E-state index < -0.39 is 17.5 Å². The Hall–Kier alpha value is -1.91. The standard InChI is InChI=1S/C23H38O5/c1-3-5-6-7-8-9-10-11-12-13-14-16-28-22-18(15-4-2)17-19(24)21(25)20(22)23(26)27/h17,24-25H,3-16H2,1-2H3,(H,26,27). The van der Waals surface area contributed by atoms with Crippen molar-refractivity contribution in [2.45, 2.75) is 97.3 Å². The van der Waals surface area contributed by atoms with E-state index in [1.165, 1.54) is 57.4 Å². The van der Waals surface area contributed by atoms with E-state index in [9.17, 15) is 20.1 Å². The van der Waals surface area contributed by atoms with Gasteiger partial charge in [-0.15, -0.1) is 0 Å². The number of rotatable bonds is 16. The number of phenols is 2. The Balaban J connectivity index is 2.36. The number of ether oxygens (including phenoxy) is 1. The van der Waals surface area contributed by atoms with Crippen molar-refractivity contribution in [1.82, 2.24) is 0 Å². The highest BCUT2D eigenvalue weighted by Crippen LogP contribution is 2.39. The molecule has 5 heteroatoms. The van der Waals surface area contributed by atoms with Crippen LogP contribution in [0.15, 0.2) is 6.07 Å². The van der Waals surface area contributed by atoms with Crippen LogP contribution in [0.2, 0.25) is 0 Å². The van der Waals surface area contributed by atoms with Crippen molar-refractivity contribution < 1.29 is 24.9 Å². The van der Waals surface area contributed by atoms with E-state index in [1.54, 1.807) is 0 Å². The highest BCUT2D eigenvalue weighted by molar-refractivity contribution is 5.95. The van der Waals surface area contributed by atoms with Crippen LogP contribution in [-0.4, -0.2) is 27.9 Å². The third kappa shape index (κ3) is 8.41. The van der Waals surface area contributed by atoms with Crippen LogP contribution in [0.3, 0.4) is 0 Å². The van der Waals surface area contributed by atoms with Gasteiger partial charge in [-0.05, 0) is 24.5 Å². The number of aryl methyl sites for hydroxylation is 1. The SMILES string of the molecule is CCCCCCCCCCCCCOc1c(CCC)cc(O)c(O)c1C(=O)O. The molecule has 1 aromatic rings. The summed E-state index contributed by atoms with van der Waals surface area (Å²) in [5, 5.41) is 29.1. The van der Waals surface area contributed by atoms with Gasteiger partial charge in [0, 0.05) is 0 Å². The molecule has 0 radical (unpaired) electrons. The number of hydrogen-bond acceptors (Lipinski definition) is 4. The molecule has 0 heterocycles. The molecule has 0 atom stereocenters. The molecule has 160 valence electrons. The van der Waals surface area contributed by atoms with Crippen molar-refractivity contribution in [3.05, 3.63) is 17.2 Å². The van der Waals surface area contributed by atoms with Crippen molar-refractivity contribution in [3.63, 3.8) is 0 Å². The lowest BCUT2D eigenvalue weighted by atomic mass is 10.0. The maximum atomic E-state index is 11.5. The number of unbranched alkanes of at least 4 members (excludes halogenated alkanes) is 10. The van der Waals surface area contributed by atoms with Crippen LogP contribution >= 0.6 is 0 Å².